The van der Waals surface area contributed by atoms with Gasteiger partial charge in [-0.15, -0.1) is 0 Å². The molecular formula is C9H16N4O. The Morgan fingerprint density at radius 3 is 2.64 bits per heavy atom. The van der Waals surface area contributed by atoms with Crippen LogP contribution in [0.5, 0.6) is 0 Å². The number of hydrogen-bond acceptors (Lipinski definition) is 5. The van der Waals surface area contributed by atoms with Gasteiger partial charge in [0, 0.05) is 6.07 Å². The molecule has 0 saturated heterocycles. The lowest BCUT2D eigenvalue weighted by Crippen LogP contribution is -2.35. The summed E-state index contributed by atoms with van der Waals surface area (Å²) in [6.45, 7) is 5.55. The third-order valence-corrected chi connectivity index (χ3v) is 1.72. The van der Waals surface area contributed by atoms with Crippen molar-refractivity contribution in [1.82, 2.24) is 9.97 Å². The molecule has 0 atom stereocenters. The molecule has 0 saturated carbocycles. The Morgan fingerprint density at radius 2 is 2.14 bits per heavy atom. The number of hydrogen-bond donors (Lipinski definition) is 3. The van der Waals surface area contributed by atoms with E-state index >= 15 is 0 Å². The van der Waals surface area contributed by atoms with Crippen molar-refractivity contribution in [3.8, 4) is 0 Å². The number of aliphatic hydroxyl groups excluding tert-OH is 1. The van der Waals surface area contributed by atoms with Gasteiger partial charge >= 0.3 is 0 Å². The highest BCUT2D eigenvalue weighted by molar-refractivity contribution is 5.46. The normalized spacial score (nSPS) is 11.4. The number of anilines is 2. The van der Waals surface area contributed by atoms with Crippen LogP contribution in [0.3, 0.4) is 0 Å². The maximum Gasteiger partial charge on any atom is 0.132 e. The second kappa shape index (κ2) is 3.79. The number of nitrogens with one attached hydrogen (secondary N) is 1. The fourth-order valence-corrected chi connectivity index (χ4v) is 1.04. The van der Waals surface area contributed by atoms with Crippen molar-refractivity contribution < 1.29 is 5.11 Å². The van der Waals surface area contributed by atoms with Gasteiger partial charge < -0.3 is 16.2 Å². The average Bonchev–Trinajstić information content (AvgIpc) is 2.01. The summed E-state index contributed by atoms with van der Waals surface area (Å²) in [6, 6.07) is 1.64. The summed E-state index contributed by atoms with van der Waals surface area (Å²) in [6.07, 6.45) is 0. The molecule has 5 heteroatoms. The lowest BCUT2D eigenvalue weighted by atomic mass is 10.1. The quantitative estimate of drug-likeness (QED) is 0.657. The molecule has 0 aliphatic rings. The highest BCUT2D eigenvalue weighted by atomic mass is 16.3. The zero-order valence-electron chi connectivity index (χ0n) is 8.70. The number of nitrogens with two attached hydrogens (primary N) is 1. The summed E-state index contributed by atoms with van der Waals surface area (Å²) in [5.41, 5.74) is 5.16. The molecule has 0 fully saturated rings. The summed E-state index contributed by atoms with van der Waals surface area (Å²) in [7, 11) is 0. The molecule has 0 bridgehead atoms. The van der Waals surface area contributed by atoms with Crippen LogP contribution in [0.25, 0.3) is 0 Å². The summed E-state index contributed by atoms with van der Waals surface area (Å²) >= 11 is 0. The number of nitrogen functional groups attached to an aromatic ring is 1. The van der Waals surface area contributed by atoms with E-state index in [9.17, 15) is 0 Å². The van der Waals surface area contributed by atoms with Gasteiger partial charge in [0.25, 0.3) is 0 Å². The standard InChI is InChI=1S/C9H16N4O/c1-6-11-7(10)4-8(12-6)13-9(2,3)5-14/h4,14H,5H2,1-3H3,(H3,10,11,12,13). The van der Waals surface area contributed by atoms with Crippen LogP contribution in [0.2, 0.25) is 0 Å². The van der Waals surface area contributed by atoms with Crippen LogP contribution in [0.15, 0.2) is 6.07 Å². The zero-order valence-corrected chi connectivity index (χ0v) is 8.70. The topological polar surface area (TPSA) is 84.1 Å². The monoisotopic (exact) mass is 196 g/mol. The van der Waals surface area contributed by atoms with Gasteiger partial charge in [0.2, 0.25) is 0 Å². The molecule has 0 aliphatic heterocycles. The molecular weight excluding hydrogens is 180 g/mol. The molecule has 1 rings (SSSR count). The van der Waals surface area contributed by atoms with Crippen molar-refractivity contribution in [2.24, 2.45) is 0 Å². The van der Waals surface area contributed by atoms with Gasteiger partial charge in [0.05, 0.1) is 12.1 Å². The molecule has 4 N–H and O–H groups in total. The van der Waals surface area contributed by atoms with Crippen LogP contribution in [0.4, 0.5) is 11.6 Å². The Balaban J connectivity index is 2.87. The minimum absolute atomic E-state index is 0.0238. The SMILES string of the molecule is Cc1nc(N)cc(NC(C)(C)CO)n1. The first kappa shape index (κ1) is 10.7. The third kappa shape index (κ3) is 2.85. The van der Waals surface area contributed by atoms with E-state index in [-0.39, 0.29) is 6.61 Å². The van der Waals surface area contributed by atoms with E-state index in [0.717, 1.165) is 0 Å². The van der Waals surface area contributed by atoms with Crippen molar-refractivity contribution in [1.29, 1.82) is 0 Å². The Bertz CT molecular complexity index is 304. The fraction of sp³-hybridized carbons (Fsp3) is 0.556. The molecule has 1 heterocycles. The van der Waals surface area contributed by atoms with Crippen LogP contribution in [0.1, 0.15) is 19.7 Å². The first-order valence-corrected chi connectivity index (χ1v) is 4.43. The summed E-state index contributed by atoms with van der Waals surface area (Å²) in [5.74, 6) is 1.67. The minimum atomic E-state index is -0.409. The van der Waals surface area contributed by atoms with Crippen molar-refractivity contribution in [2.75, 3.05) is 17.7 Å². The van der Waals surface area contributed by atoms with E-state index in [0.29, 0.717) is 17.5 Å². The second-order valence-electron chi connectivity index (χ2n) is 3.89. The lowest BCUT2D eigenvalue weighted by Gasteiger charge is -2.24. The van der Waals surface area contributed by atoms with Crippen LogP contribution < -0.4 is 11.1 Å². The van der Waals surface area contributed by atoms with Gasteiger partial charge in [0.15, 0.2) is 0 Å². The van der Waals surface area contributed by atoms with E-state index in [4.69, 9.17) is 10.8 Å². The number of rotatable bonds is 3. The molecule has 0 unspecified atom stereocenters. The Hall–Kier alpha value is -1.36. The number of nitrogens with zero attached hydrogens (tertiary/aromatic N) is 2. The molecule has 0 spiro atoms. The van der Waals surface area contributed by atoms with Crippen LogP contribution >= 0.6 is 0 Å². The highest BCUT2D eigenvalue weighted by Gasteiger charge is 2.16. The zero-order chi connectivity index (χ0) is 10.8. The van der Waals surface area contributed by atoms with E-state index in [1.807, 2.05) is 13.8 Å². The van der Waals surface area contributed by atoms with Crippen molar-refractivity contribution in [2.45, 2.75) is 26.3 Å². The maximum absolute atomic E-state index is 9.06. The Labute approximate surface area is 83.4 Å². The second-order valence-corrected chi connectivity index (χ2v) is 3.89. The predicted molar refractivity (Wildman–Crippen MR) is 56.0 cm³/mol. The van der Waals surface area contributed by atoms with E-state index < -0.39 is 5.54 Å². The molecule has 0 aliphatic carbocycles. The van der Waals surface area contributed by atoms with Crippen LogP contribution in [0, 0.1) is 6.92 Å². The first-order valence-electron chi connectivity index (χ1n) is 4.43. The van der Waals surface area contributed by atoms with E-state index in [2.05, 4.69) is 15.3 Å². The number of aryl methyl sites for hydroxylation is 1. The maximum atomic E-state index is 9.06. The molecule has 0 amide bonds. The Kier molecular flexibility index (Phi) is 2.90. The minimum Gasteiger partial charge on any atom is -0.394 e. The molecule has 0 aromatic carbocycles. The lowest BCUT2D eigenvalue weighted by molar-refractivity contribution is 0.234. The molecule has 1 aromatic rings. The van der Waals surface area contributed by atoms with Gasteiger partial charge in [-0.1, -0.05) is 0 Å². The predicted octanol–water partition coefficient (Wildman–Crippen LogP) is 0.550. The van der Waals surface area contributed by atoms with Crippen LogP contribution in [-0.2, 0) is 0 Å². The molecule has 78 valence electrons. The van der Waals surface area contributed by atoms with Gasteiger partial charge in [-0.05, 0) is 20.8 Å². The fourth-order valence-electron chi connectivity index (χ4n) is 1.04. The molecule has 1 aromatic heterocycles. The van der Waals surface area contributed by atoms with Gasteiger partial charge in [-0.2, -0.15) is 0 Å². The van der Waals surface area contributed by atoms with Crippen LogP contribution in [-0.4, -0.2) is 27.2 Å². The Morgan fingerprint density at radius 1 is 1.50 bits per heavy atom. The van der Waals surface area contributed by atoms with E-state index in [1.54, 1.807) is 13.0 Å². The smallest absolute Gasteiger partial charge is 0.132 e. The van der Waals surface area contributed by atoms with Gasteiger partial charge in [-0.3, -0.25) is 0 Å². The number of aromatic nitrogens is 2. The van der Waals surface area contributed by atoms with Crippen molar-refractivity contribution >= 4 is 11.6 Å². The van der Waals surface area contributed by atoms with Crippen molar-refractivity contribution in [3.63, 3.8) is 0 Å². The molecule has 0 radical (unpaired) electrons. The van der Waals surface area contributed by atoms with Gasteiger partial charge in [0.1, 0.15) is 17.5 Å². The highest BCUT2D eigenvalue weighted by Crippen LogP contribution is 2.14. The molecule has 5 nitrogen and oxygen atoms in total. The largest absolute Gasteiger partial charge is 0.394 e. The summed E-state index contributed by atoms with van der Waals surface area (Å²) in [5, 5.41) is 12.1. The van der Waals surface area contributed by atoms with Gasteiger partial charge in [-0.25, -0.2) is 9.97 Å². The third-order valence-electron chi connectivity index (χ3n) is 1.72. The first-order chi connectivity index (χ1) is 6.43. The summed E-state index contributed by atoms with van der Waals surface area (Å²) < 4.78 is 0. The molecule has 14 heavy (non-hydrogen) atoms. The average molecular weight is 196 g/mol. The summed E-state index contributed by atoms with van der Waals surface area (Å²) in [4.78, 5) is 8.11. The van der Waals surface area contributed by atoms with E-state index in [1.165, 1.54) is 0 Å². The number of aliphatic hydroxyl groups is 1. The van der Waals surface area contributed by atoms with Crippen molar-refractivity contribution in [3.05, 3.63) is 11.9 Å².